The largest absolute Gasteiger partial charge is 0.493 e. The minimum Gasteiger partial charge on any atom is -0.493 e. The summed E-state index contributed by atoms with van der Waals surface area (Å²) in [4.78, 5) is 0. The maximum Gasteiger partial charge on any atom is 0.161 e. The van der Waals surface area contributed by atoms with E-state index in [1.807, 2.05) is 31.2 Å². The van der Waals surface area contributed by atoms with Crippen LogP contribution in [0.4, 0.5) is 4.39 Å². The summed E-state index contributed by atoms with van der Waals surface area (Å²) in [6.45, 7) is 3.34. The molecular formula is C18H20FNO2. The van der Waals surface area contributed by atoms with Crippen LogP contribution in [0, 0.1) is 5.82 Å². The molecule has 0 saturated carbocycles. The fourth-order valence-corrected chi connectivity index (χ4v) is 2.98. The predicted octanol–water partition coefficient (Wildman–Crippen LogP) is 3.47. The second-order valence-corrected chi connectivity index (χ2v) is 5.29. The number of ether oxygens (including phenoxy) is 2. The van der Waals surface area contributed by atoms with Crippen molar-refractivity contribution in [2.75, 3.05) is 20.3 Å². The Kier molecular flexibility index (Phi) is 4.29. The van der Waals surface area contributed by atoms with Gasteiger partial charge in [-0.1, -0.05) is 18.2 Å². The van der Waals surface area contributed by atoms with E-state index < -0.39 is 0 Å². The third-order valence-corrected chi connectivity index (χ3v) is 4.00. The van der Waals surface area contributed by atoms with Gasteiger partial charge in [-0.15, -0.1) is 0 Å². The Morgan fingerprint density at radius 3 is 2.73 bits per heavy atom. The summed E-state index contributed by atoms with van der Waals surface area (Å²) in [6, 6.07) is 10.7. The molecule has 1 atom stereocenters. The van der Waals surface area contributed by atoms with Gasteiger partial charge in [0, 0.05) is 12.1 Å². The molecule has 22 heavy (non-hydrogen) atoms. The molecule has 1 aliphatic heterocycles. The Balaban J connectivity index is 2.08. The molecule has 1 heterocycles. The molecule has 0 aliphatic carbocycles. The highest BCUT2D eigenvalue weighted by Crippen LogP contribution is 2.38. The molecule has 0 amide bonds. The summed E-state index contributed by atoms with van der Waals surface area (Å²) in [6.07, 6.45) is 0.893. The van der Waals surface area contributed by atoms with Crippen molar-refractivity contribution in [2.24, 2.45) is 0 Å². The predicted molar refractivity (Wildman–Crippen MR) is 84.1 cm³/mol. The number of halogens is 1. The van der Waals surface area contributed by atoms with Gasteiger partial charge in [0.1, 0.15) is 5.82 Å². The average Bonchev–Trinajstić information content (AvgIpc) is 2.54. The van der Waals surface area contributed by atoms with E-state index in [1.54, 1.807) is 13.2 Å². The van der Waals surface area contributed by atoms with Crippen LogP contribution >= 0.6 is 0 Å². The second-order valence-electron chi connectivity index (χ2n) is 5.29. The molecule has 1 aliphatic rings. The Morgan fingerprint density at radius 1 is 1.18 bits per heavy atom. The van der Waals surface area contributed by atoms with Gasteiger partial charge in [0.05, 0.1) is 19.8 Å². The lowest BCUT2D eigenvalue weighted by molar-refractivity contribution is 0.309. The van der Waals surface area contributed by atoms with Gasteiger partial charge in [-0.2, -0.15) is 0 Å². The summed E-state index contributed by atoms with van der Waals surface area (Å²) < 4.78 is 25.2. The van der Waals surface area contributed by atoms with E-state index >= 15 is 0 Å². The highest BCUT2D eigenvalue weighted by Gasteiger charge is 2.25. The lowest BCUT2D eigenvalue weighted by Crippen LogP contribution is -2.31. The summed E-state index contributed by atoms with van der Waals surface area (Å²) in [7, 11) is 1.62. The van der Waals surface area contributed by atoms with E-state index in [-0.39, 0.29) is 11.9 Å². The lowest BCUT2D eigenvalue weighted by Gasteiger charge is -2.28. The summed E-state index contributed by atoms with van der Waals surface area (Å²) in [5.74, 6) is 1.24. The standard InChI is InChI=1S/C18H20FNO2/c1-3-22-17-10-12-8-9-20-18(14(12)11-16(17)21-2)13-6-4-5-7-15(13)19/h4-7,10-11,18,20H,3,8-9H2,1-2H3/t18-/m0/s1. The van der Waals surface area contributed by atoms with Crippen molar-refractivity contribution in [3.05, 3.63) is 58.9 Å². The molecule has 0 radical (unpaired) electrons. The van der Waals surface area contributed by atoms with Crippen LogP contribution in [-0.4, -0.2) is 20.3 Å². The first kappa shape index (κ1) is 14.9. The molecule has 4 heteroatoms. The maximum atomic E-state index is 14.2. The minimum atomic E-state index is -0.194. The van der Waals surface area contributed by atoms with E-state index in [4.69, 9.17) is 9.47 Å². The van der Waals surface area contributed by atoms with Gasteiger partial charge in [0.15, 0.2) is 11.5 Å². The van der Waals surface area contributed by atoms with E-state index in [0.717, 1.165) is 24.3 Å². The molecule has 0 aromatic heterocycles. The summed E-state index contributed by atoms with van der Waals surface area (Å²) in [5.41, 5.74) is 2.89. The van der Waals surface area contributed by atoms with Gasteiger partial charge in [-0.25, -0.2) is 4.39 Å². The first-order valence-corrected chi connectivity index (χ1v) is 7.56. The topological polar surface area (TPSA) is 30.5 Å². The molecule has 2 aromatic carbocycles. The van der Waals surface area contributed by atoms with Crippen LogP contribution in [0.5, 0.6) is 11.5 Å². The zero-order valence-electron chi connectivity index (χ0n) is 12.9. The third-order valence-electron chi connectivity index (χ3n) is 4.00. The highest BCUT2D eigenvalue weighted by molar-refractivity contribution is 5.51. The molecule has 0 saturated heterocycles. The number of hydrogen-bond donors (Lipinski definition) is 1. The molecular weight excluding hydrogens is 281 g/mol. The highest BCUT2D eigenvalue weighted by atomic mass is 19.1. The van der Waals surface area contributed by atoms with Gasteiger partial charge in [-0.3, -0.25) is 0 Å². The van der Waals surface area contributed by atoms with Gasteiger partial charge < -0.3 is 14.8 Å². The van der Waals surface area contributed by atoms with E-state index in [1.165, 1.54) is 11.6 Å². The minimum absolute atomic E-state index is 0.158. The van der Waals surface area contributed by atoms with Crippen molar-refractivity contribution in [3.8, 4) is 11.5 Å². The van der Waals surface area contributed by atoms with Crippen LogP contribution in [0.1, 0.15) is 29.7 Å². The number of nitrogens with one attached hydrogen (secondary N) is 1. The first-order valence-electron chi connectivity index (χ1n) is 7.56. The Bertz CT molecular complexity index is 672. The monoisotopic (exact) mass is 301 g/mol. The van der Waals surface area contributed by atoms with Crippen LogP contribution in [0.3, 0.4) is 0 Å². The third kappa shape index (κ3) is 2.66. The number of rotatable bonds is 4. The lowest BCUT2D eigenvalue weighted by atomic mass is 9.89. The van der Waals surface area contributed by atoms with Crippen LogP contribution in [0.2, 0.25) is 0 Å². The van der Waals surface area contributed by atoms with E-state index in [2.05, 4.69) is 5.32 Å². The number of methoxy groups -OCH3 is 1. The summed E-state index contributed by atoms with van der Waals surface area (Å²) >= 11 is 0. The number of benzene rings is 2. The van der Waals surface area contributed by atoms with Crippen LogP contribution in [-0.2, 0) is 6.42 Å². The van der Waals surface area contributed by atoms with Crippen molar-refractivity contribution < 1.29 is 13.9 Å². The zero-order valence-corrected chi connectivity index (χ0v) is 12.9. The molecule has 3 nitrogen and oxygen atoms in total. The molecule has 116 valence electrons. The number of hydrogen-bond acceptors (Lipinski definition) is 3. The fourth-order valence-electron chi connectivity index (χ4n) is 2.98. The normalized spacial score (nSPS) is 17.0. The van der Waals surface area contributed by atoms with Gasteiger partial charge in [-0.05, 0) is 42.7 Å². The summed E-state index contributed by atoms with van der Waals surface area (Å²) in [5, 5.41) is 3.40. The molecule has 3 rings (SSSR count). The number of fused-ring (bicyclic) bond motifs is 1. The Morgan fingerprint density at radius 2 is 2.00 bits per heavy atom. The molecule has 0 fully saturated rings. The molecule has 0 unspecified atom stereocenters. The van der Waals surface area contributed by atoms with Crippen LogP contribution < -0.4 is 14.8 Å². The zero-order chi connectivity index (χ0) is 15.5. The Labute approximate surface area is 130 Å². The molecule has 0 spiro atoms. The molecule has 1 N–H and O–H groups in total. The van der Waals surface area contributed by atoms with Gasteiger partial charge in [0.2, 0.25) is 0 Å². The quantitative estimate of drug-likeness (QED) is 0.938. The van der Waals surface area contributed by atoms with Gasteiger partial charge in [0.25, 0.3) is 0 Å². The maximum absolute atomic E-state index is 14.2. The average molecular weight is 301 g/mol. The Hall–Kier alpha value is -2.07. The van der Waals surface area contributed by atoms with E-state index in [9.17, 15) is 4.39 Å². The first-order chi connectivity index (χ1) is 10.7. The molecule has 0 bridgehead atoms. The van der Waals surface area contributed by atoms with Crippen molar-refractivity contribution >= 4 is 0 Å². The van der Waals surface area contributed by atoms with Crippen molar-refractivity contribution in [3.63, 3.8) is 0 Å². The SMILES string of the molecule is CCOc1cc2c(cc1OC)[C@H](c1ccccc1F)NCC2. The van der Waals surface area contributed by atoms with E-state index in [0.29, 0.717) is 17.9 Å². The molecule has 2 aromatic rings. The van der Waals surface area contributed by atoms with Crippen molar-refractivity contribution in [1.29, 1.82) is 0 Å². The van der Waals surface area contributed by atoms with Crippen molar-refractivity contribution in [1.82, 2.24) is 5.32 Å². The second kappa shape index (κ2) is 6.36. The smallest absolute Gasteiger partial charge is 0.161 e. The fraction of sp³-hybridized carbons (Fsp3) is 0.333. The van der Waals surface area contributed by atoms with Crippen molar-refractivity contribution in [2.45, 2.75) is 19.4 Å². The van der Waals surface area contributed by atoms with Gasteiger partial charge >= 0.3 is 0 Å². The van der Waals surface area contributed by atoms with Crippen LogP contribution in [0.15, 0.2) is 36.4 Å². The van der Waals surface area contributed by atoms with Crippen LogP contribution in [0.25, 0.3) is 0 Å².